The SMILES string of the molecule is C[C@H]1C[C@@H](N)CCN1S(=O)(=O)c1cccc2ncccc12. The van der Waals surface area contributed by atoms with E-state index >= 15 is 0 Å². The molecule has 2 atom stereocenters. The molecule has 0 aliphatic carbocycles. The van der Waals surface area contributed by atoms with E-state index in [1.165, 1.54) is 0 Å². The third-order valence-corrected chi connectivity index (χ3v) is 6.12. The zero-order valence-corrected chi connectivity index (χ0v) is 12.8. The highest BCUT2D eigenvalue weighted by Crippen LogP contribution is 2.28. The van der Waals surface area contributed by atoms with Gasteiger partial charge in [-0.05, 0) is 44.0 Å². The van der Waals surface area contributed by atoms with E-state index in [1.54, 1.807) is 34.8 Å². The van der Waals surface area contributed by atoms with Gasteiger partial charge in [-0.25, -0.2) is 8.42 Å². The van der Waals surface area contributed by atoms with Crippen molar-refractivity contribution in [3.8, 4) is 0 Å². The summed E-state index contributed by atoms with van der Waals surface area (Å²) in [7, 11) is -3.52. The maximum absolute atomic E-state index is 13.0. The second kappa shape index (κ2) is 5.36. The maximum Gasteiger partial charge on any atom is 0.243 e. The molecule has 0 unspecified atom stereocenters. The monoisotopic (exact) mass is 305 g/mol. The molecule has 5 nitrogen and oxygen atoms in total. The lowest BCUT2D eigenvalue weighted by molar-refractivity contribution is 0.247. The van der Waals surface area contributed by atoms with Gasteiger partial charge in [0.05, 0.1) is 10.4 Å². The second-order valence-electron chi connectivity index (χ2n) is 5.58. The third kappa shape index (κ3) is 2.54. The van der Waals surface area contributed by atoms with Crippen LogP contribution in [0.5, 0.6) is 0 Å². The van der Waals surface area contributed by atoms with Crippen LogP contribution in [-0.2, 0) is 10.0 Å². The van der Waals surface area contributed by atoms with Crippen LogP contribution >= 0.6 is 0 Å². The molecule has 2 N–H and O–H groups in total. The van der Waals surface area contributed by atoms with Crippen molar-refractivity contribution in [3.05, 3.63) is 36.5 Å². The summed E-state index contributed by atoms with van der Waals surface area (Å²) in [5, 5.41) is 0.669. The molecule has 1 aromatic carbocycles. The van der Waals surface area contributed by atoms with Crippen molar-refractivity contribution >= 4 is 20.9 Å². The lowest BCUT2D eigenvalue weighted by Crippen LogP contribution is -2.48. The van der Waals surface area contributed by atoms with Crippen LogP contribution in [0.2, 0.25) is 0 Å². The number of aromatic nitrogens is 1. The molecule has 1 aliphatic heterocycles. The third-order valence-electron chi connectivity index (χ3n) is 4.05. The van der Waals surface area contributed by atoms with E-state index < -0.39 is 10.0 Å². The molecule has 112 valence electrons. The Balaban J connectivity index is 2.09. The number of piperidine rings is 1. The molecule has 0 bridgehead atoms. The quantitative estimate of drug-likeness (QED) is 0.917. The zero-order valence-electron chi connectivity index (χ0n) is 11.9. The minimum Gasteiger partial charge on any atom is -0.328 e. The second-order valence-corrected chi connectivity index (χ2v) is 7.43. The molecule has 3 rings (SSSR count). The molecular weight excluding hydrogens is 286 g/mol. The fraction of sp³-hybridized carbons (Fsp3) is 0.400. The largest absolute Gasteiger partial charge is 0.328 e. The van der Waals surface area contributed by atoms with Gasteiger partial charge in [0.15, 0.2) is 0 Å². The first-order valence-corrected chi connectivity index (χ1v) is 8.55. The molecule has 6 heteroatoms. The Morgan fingerprint density at radius 1 is 1.29 bits per heavy atom. The minimum absolute atomic E-state index is 0.0781. The molecule has 1 aromatic heterocycles. The van der Waals surface area contributed by atoms with Crippen molar-refractivity contribution in [1.29, 1.82) is 0 Å². The average molecular weight is 305 g/mol. The lowest BCUT2D eigenvalue weighted by Gasteiger charge is -2.35. The Bertz CT molecular complexity index is 755. The highest BCUT2D eigenvalue weighted by molar-refractivity contribution is 7.89. The molecule has 1 fully saturated rings. The van der Waals surface area contributed by atoms with Crippen molar-refractivity contribution in [3.63, 3.8) is 0 Å². The molecule has 1 aliphatic rings. The van der Waals surface area contributed by atoms with Crippen LogP contribution in [0.3, 0.4) is 0 Å². The molecule has 0 saturated carbocycles. The number of benzene rings is 1. The minimum atomic E-state index is -3.52. The van der Waals surface area contributed by atoms with Crippen molar-refractivity contribution in [2.45, 2.75) is 36.7 Å². The zero-order chi connectivity index (χ0) is 15.0. The summed E-state index contributed by atoms with van der Waals surface area (Å²) < 4.78 is 27.5. The van der Waals surface area contributed by atoms with Crippen LogP contribution in [0.4, 0.5) is 0 Å². The number of rotatable bonds is 2. The van der Waals surface area contributed by atoms with Gasteiger partial charge in [0, 0.05) is 30.2 Å². The van der Waals surface area contributed by atoms with Gasteiger partial charge in [0.2, 0.25) is 10.0 Å². The molecular formula is C15H19N3O2S. The first-order chi connectivity index (χ1) is 10.00. The van der Waals surface area contributed by atoms with Crippen molar-refractivity contribution in [2.24, 2.45) is 5.73 Å². The van der Waals surface area contributed by atoms with Crippen molar-refractivity contribution in [2.75, 3.05) is 6.54 Å². The Labute approximate surface area is 124 Å². The fourth-order valence-electron chi connectivity index (χ4n) is 2.97. The normalized spacial score (nSPS) is 24.3. The summed E-state index contributed by atoms with van der Waals surface area (Å²) in [5.74, 6) is 0. The number of hydrogen-bond acceptors (Lipinski definition) is 4. The Morgan fingerprint density at radius 2 is 2.10 bits per heavy atom. The number of fused-ring (bicyclic) bond motifs is 1. The van der Waals surface area contributed by atoms with Gasteiger partial charge in [0.25, 0.3) is 0 Å². The molecule has 0 spiro atoms. The van der Waals surface area contributed by atoms with Crippen LogP contribution in [0.1, 0.15) is 19.8 Å². The van der Waals surface area contributed by atoms with Crippen molar-refractivity contribution < 1.29 is 8.42 Å². The van der Waals surface area contributed by atoms with Crippen molar-refractivity contribution in [1.82, 2.24) is 9.29 Å². The molecule has 0 radical (unpaired) electrons. The van der Waals surface area contributed by atoms with Crippen LogP contribution in [0.25, 0.3) is 10.9 Å². The van der Waals surface area contributed by atoms with E-state index in [2.05, 4.69) is 4.98 Å². The molecule has 2 aromatic rings. The van der Waals surface area contributed by atoms with Gasteiger partial charge in [-0.3, -0.25) is 4.98 Å². The number of pyridine rings is 1. The van der Waals surface area contributed by atoms with Gasteiger partial charge in [-0.2, -0.15) is 4.31 Å². The predicted octanol–water partition coefficient (Wildman–Crippen LogP) is 1.74. The van der Waals surface area contributed by atoms with Gasteiger partial charge in [0.1, 0.15) is 0 Å². The smallest absolute Gasteiger partial charge is 0.243 e. The van der Waals surface area contributed by atoms with E-state index in [1.807, 2.05) is 13.0 Å². The Hall–Kier alpha value is -1.50. The summed E-state index contributed by atoms with van der Waals surface area (Å²) in [6.07, 6.45) is 3.07. The van der Waals surface area contributed by atoms with E-state index in [0.717, 1.165) is 0 Å². The summed E-state index contributed by atoms with van der Waals surface area (Å²) in [6, 6.07) is 8.78. The van der Waals surface area contributed by atoms with Gasteiger partial charge < -0.3 is 5.73 Å². The Morgan fingerprint density at radius 3 is 2.86 bits per heavy atom. The van der Waals surface area contributed by atoms with Gasteiger partial charge in [-0.15, -0.1) is 0 Å². The summed E-state index contributed by atoms with van der Waals surface area (Å²) in [4.78, 5) is 4.56. The highest BCUT2D eigenvalue weighted by Gasteiger charge is 2.34. The summed E-state index contributed by atoms with van der Waals surface area (Å²) >= 11 is 0. The first-order valence-electron chi connectivity index (χ1n) is 7.11. The first kappa shape index (κ1) is 14.4. The van der Waals surface area contributed by atoms with E-state index in [-0.39, 0.29) is 12.1 Å². The van der Waals surface area contributed by atoms with Crippen LogP contribution in [0, 0.1) is 0 Å². The number of hydrogen-bond donors (Lipinski definition) is 1. The topological polar surface area (TPSA) is 76.3 Å². The molecule has 2 heterocycles. The standard InChI is InChI=1S/C15H19N3O2S/c1-11-10-12(16)7-9-18(11)21(19,20)15-6-2-5-14-13(15)4-3-8-17-14/h2-6,8,11-12H,7,9-10,16H2,1H3/t11-,12-/m0/s1. The summed E-state index contributed by atoms with van der Waals surface area (Å²) in [6.45, 7) is 2.39. The van der Waals surface area contributed by atoms with Crippen LogP contribution in [0.15, 0.2) is 41.4 Å². The average Bonchev–Trinajstić information content (AvgIpc) is 2.46. The molecule has 21 heavy (non-hydrogen) atoms. The summed E-state index contributed by atoms with van der Waals surface area (Å²) in [5.41, 5.74) is 6.62. The van der Waals surface area contributed by atoms with E-state index in [0.29, 0.717) is 35.2 Å². The number of nitrogens with two attached hydrogens (primary N) is 1. The molecule has 1 saturated heterocycles. The van der Waals surface area contributed by atoms with Crippen LogP contribution < -0.4 is 5.73 Å². The predicted molar refractivity (Wildman–Crippen MR) is 82.3 cm³/mol. The van der Waals surface area contributed by atoms with Gasteiger partial charge >= 0.3 is 0 Å². The van der Waals surface area contributed by atoms with Crippen LogP contribution in [-0.4, -0.2) is 36.3 Å². The Kier molecular flexibility index (Phi) is 3.69. The molecule has 0 amide bonds. The van der Waals surface area contributed by atoms with Gasteiger partial charge in [-0.1, -0.05) is 6.07 Å². The number of nitrogens with zero attached hydrogens (tertiary/aromatic N) is 2. The number of sulfonamides is 1. The van der Waals surface area contributed by atoms with E-state index in [9.17, 15) is 8.42 Å². The maximum atomic E-state index is 13.0. The fourth-order valence-corrected chi connectivity index (χ4v) is 4.83. The lowest BCUT2D eigenvalue weighted by atomic mass is 10.0. The van der Waals surface area contributed by atoms with E-state index in [4.69, 9.17) is 5.73 Å². The highest BCUT2D eigenvalue weighted by atomic mass is 32.2.